The molecule has 1 heterocycles. The molecule has 0 fully saturated rings. The van der Waals surface area contributed by atoms with Crippen LogP contribution in [0.4, 0.5) is 5.69 Å². The molecule has 1 unspecified atom stereocenters. The van der Waals surface area contributed by atoms with E-state index in [2.05, 4.69) is 5.32 Å². The molecular formula is C14H22N2O3S. The fourth-order valence-electron chi connectivity index (χ4n) is 1.68. The van der Waals surface area contributed by atoms with Crippen molar-refractivity contribution in [3.63, 3.8) is 0 Å². The maximum atomic E-state index is 11.9. The zero-order chi connectivity index (χ0) is 15.3. The summed E-state index contributed by atoms with van der Waals surface area (Å²) >= 11 is 1.27. The van der Waals surface area contributed by atoms with E-state index < -0.39 is 12.1 Å². The average Bonchev–Trinajstić information content (AvgIpc) is 2.75. The van der Waals surface area contributed by atoms with E-state index in [1.165, 1.54) is 11.3 Å². The number of esters is 1. The molecule has 6 heteroatoms. The van der Waals surface area contributed by atoms with E-state index in [1.54, 1.807) is 13.0 Å². The zero-order valence-electron chi connectivity index (χ0n) is 12.4. The van der Waals surface area contributed by atoms with E-state index in [9.17, 15) is 9.59 Å². The van der Waals surface area contributed by atoms with Gasteiger partial charge in [-0.15, -0.1) is 11.3 Å². The Morgan fingerprint density at radius 1 is 1.40 bits per heavy atom. The molecule has 0 aliphatic heterocycles. The molecule has 0 spiro atoms. The monoisotopic (exact) mass is 298 g/mol. The number of nitrogens with one attached hydrogen (secondary N) is 1. The van der Waals surface area contributed by atoms with Gasteiger partial charge in [-0.05, 0) is 32.8 Å². The lowest BCUT2D eigenvalue weighted by molar-refractivity contribution is -0.129. The Bertz CT molecular complexity index is 461. The molecule has 0 aliphatic rings. The number of ether oxygens (including phenoxy) is 1. The molecule has 0 saturated carbocycles. The third-order valence-corrected chi connectivity index (χ3v) is 4.19. The number of nitrogen functional groups attached to an aromatic ring is 1. The van der Waals surface area contributed by atoms with E-state index in [1.807, 2.05) is 20.8 Å². The first-order valence-electron chi connectivity index (χ1n) is 6.76. The summed E-state index contributed by atoms with van der Waals surface area (Å²) in [4.78, 5) is 25.1. The third kappa shape index (κ3) is 4.23. The highest BCUT2D eigenvalue weighted by molar-refractivity contribution is 7.14. The Kier molecular flexibility index (Phi) is 6.01. The number of rotatable bonds is 6. The summed E-state index contributed by atoms with van der Waals surface area (Å²) in [7, 11) is 0. The Hall–Kier alpha value is -1.56. The second-order valence-corrected chi connectivity index (χ2v) is 5.95. The number of carbonyl (C=O) groups is 2. The topological polar surface area (TPSA) is 81.4 Å². The molecule has 0 radical (unpaired) electrons. The van der Waals surface area contributed by atoms with E-state index >= 15 is 0 Å². The number of aryl methyl sites for hydroxylation is 1. The maximum Gasteiger partial charge on any atom is 0.349 e. The Balaban J connectivity index is 2.59. The first-order chi connectivity index (χ1) is 9.38. The van der Waals surface area contributed by atoms with Crippen LogP contribution in [-0.2, 0) is 9.53 Å². The largest absolute Gasteiger partial charge is 0.448 e. The number of thiophene rings is 1. The van der Waals surface area contributed by atoms with E-state index in [4.69, 9.17) is 10.5 Å². The van der Waals surface area contributed by atoms with Crippen LogP contribution in [0.15, 0.2) is 6.07 Å². The number of hydrogen-bond donors (Lipinski definition) is 2. The van der Waals surface area contributed by atoms with Crippen LogP contribution in [0.2, 0.25) is 0 Å². The van der Waals surface area contributed by atoms with Gasteiger partial charge in [-0.3, -0.25) is 4.79 Å². The quantitative estimate of drug-likeness (QED) is 0.791. The molecule has 20 heavy (non-hydrogen) atoms. The molecular weight excluding hydrogens is 276 g/mol. The smallest absolute Gasteiger partial charge is 0.349 e. The Morgan fingerprint density at radius 3 is 2.45 bits per heavy atom. The number of hydrogen-bond acceptors (Lipinski definition) is 5. The summed E-state index contributed by atoms with van der Waals surface area (Å²) in [6.45, 7) is 7.41. The van der Waals surface area contributed by atoms with Crippen LogP contribution < -0.4 is 11.1 Å². The van der Waals surface area contributed by atoms with Crippen molar-refractivity contribution < 1.29 is 14.3 Å². The van der Waals surface area contributed by atoms with Crippen LogP contribution in [0.3, 0.4) is 0 Å². The molecule has 1 atom stereocenters. The molecule has 5 nitrogen and oxygen atoms in total. The van der Waals surface area contributed by atoms with E-state index in [0.29, 0.717) is 10.6 Å². The highest BCUT2D eigenvalue weighted by atomic mass is 32.1. The SMILES string of the molecule is CCC(CC)NC(=O)C(C)OC(=O)c1cc(N)c(C)s1. The van der Waals surface area contributed by atoms with Crippen molar-refractivity contribution in [1.29, 1.82) is 0 Å². The standard InChI is InChI=1S/C14H22N2O3S/c1-5-10(6-2)16-13(17)8(3)19-14(18)12-7-11(15)9(4)20-12/h7-8,10H,5-6,15H2,1-4H3,(H,16,17). The minimum atomic E-state index is -0.813. The zero-order valence-corrected chi connectivity index (χ0v) is 13.2. The first-order valence-corrected chi connectivity index (χ1v) is 7.57. The van der Waals surface area contributed by atoms with Gasteiger partial charge in [0, 0.05) is 16.6 Å². The second kappa shape index (κ2) is 7.28. The molecule has 0 bridgehead atoms. The fourth-order valence-corrected chi connectivity index (χ4v) is 2.50. The van der Waals surface area contributed by atoms with Crippen LogP contribution in [-0.4, -0.2) is 24.0 Å². The summed E-state index contributed by atoms with van der Waals surface area (Å²) < 4.78 is 5.16. The van der Waals surface area contributed by atoms with Crippen LogP contribution in [0.1, 0.15) is 48.2 Å². The van der Waals surface area contributed by atoms with Gasteiger partial charge in [-0.25, -0.2) is 4.79 Å². The van der Waals surface area contributed by atoms with Gasteiger partial charge in [-0.2, -0.15) is 0 Å². The number of anilines is 1. The first kappa shape index (κ1) is 16.5. The van der Waals surface area contributed by atoms with Gasteiger partial charge < -0.3 is 15.8 Å². The predicted octanol–water partition coefficient (Wildman–Crippen LogP) is 2.49. The van der Waals surface area contributed by atoms with Gasteiger partial charge in [-0.1, -0.05) is 13.8 Å². The normalized spacial score (nSPS) is 12.2. The van der Waals surface area contributed by atoms with Crippen molar-refractivity contribution in [3.8, 4) is 0 Å². The average molecular weight is 298 g/mol. The minimum Gasteiger partial charge on any atom is -0.448 e. The molecule has 3 N–H and O–H groups in total. The van der Waals surface area contributed by atoms with Gasteiger partial charge in [0.05, 0.1) is 0 Å². The van der Waals surface area contributed by atoms with Gasteiger partial charge in [0.1, 0.15) is 4.88 Å². The highest BCUT2D eigenvalue weighted by Crippen LogP contribution is 2.24. The maximum absolute atomic E-state index is 11.9. The molecule has 0 aromatic carbocycles. The second-order valence-electron chi connectivity index (χ2n) is 4.69. The lowest BCUT2D eigenvalue weighted by atomic mass is 10.1. The van der Waals surface area contributed by atoms with Crippen molar-refractivity contribution in [3.05, 3.63) is 15.8 Å². The molecule has 0 aliphatic carbocycles. The van der Waals surface area contributed by atoms with Crippen LogP contribution in [0.5, 0.6) is 0 Å². The number of amides is 1. The van der Waals surface area contributed by atoms with Crippen molar-refractivity contribution in [1.82, 2.24) is 5.32 Å². The number of carbonyl (C=O) groups excluding carboxylic acids is 2. The summed E-state index contributed by atoms with van der Waals surface area (Å²) in [6, 6.07) is 1.69. The lowest BCUT2D eigenvalue weighted by Gasteiger charge is -2.18. The van der Waals surface area contributed by atoms with Crippen molar-refractivity contribution in [2.45, 2.75) is 52.7 Å². The third-order valence-electron chi connectivity index (χ3n) is 3.14. The van der Waals surface area contributed by atoms with Gasteiger partial charge in [0.2, 0.25) is 0 Å². The van der Waals surface area contributed by atoms with E-state index in [-0.39, 0.29) is 11.9 Å². The lowest BCUT2D eigenvalue weighted by Crippen LogP contribution is -2.41. The van der Waals surface area contributed by atoms with Crippen molar-refractivity contribution >= 4 is 28.9 Å². The van der Waals surface area contributed by atoms with Crippen molar-refractivity contribution in [2.75, 3.05) is 5.73 Å². The van der Waals surface area contributed by atoms with E-state index in [0.717, 1.165) is 17.7 Å². The molecule has 112 valence electrons. The predicted molar refractivity (Wildman–Crippen MR) is 80.9 cm³/mol. The van der Waals surface area contributed by atoms with Crippen LogP contribution in [0, 0.1) is 6.92 Å². The number of nitrogens with two attached hydrogens (primary N) is 1. The highest BCUT2D eigenvalue weighted by Gasteiger charge is 2.21. The molecule has 1 rings (SSSR count). The van der Waals surface area contributed by atoms with Crippen LogP contribution in [0.25, 0.3) is 0 Å². The Morgan fingerprint density at radius 2 is 2.00 bits per heavy atom. The fraction of sp³-hybridized carbons (Fsp3) is 0.571. The summed E-state index contributed by atoms with van der Waals surface area (Å²) in [5, 5.41) is 2.85. The molecule has 1 amide bonds. The molecule has 1 aromatic heterocycles. The van der Waals surface area contributed by atoms with Gasteiger partial charge in [0.15, 0.2) is 6.10 Å². The molecule has 1 aromatic rings. The summed E-state index contributed by atoms with van der Waals surface area (Å²) in [5.41, 5.74) is 6.26. The summed E-state index contributed by atoms with van der Waals surface area (Å²) in [5.74, 6) is -0.782. The minimum absolute atomic E-state index is 0.114. The Labute approximate surface area is 123 Å². The van der Waals surface area contributed by atoms with Crippen molar-refractivity contribution in [2.24, 2.45) is 0 Å². The van der Waals surface area contributed by atoms with Crippen LogP contribution >= 0.6 is 11.3 Å². The molecule has 0 saturated heterocycles. The van der Waals surface area contributed by atoms with Gasteiger partial charge in [0.25, 0.3) is 5.91 Å². The van der Waals surface area contributed by atoms with Gasteiger partial charge >= 0.3 is 5.97 Å². The summed E-state index contributed by atoms with van der Waals surface area (Å²) in [6.07, 6.45) is 0.888.